The molecule has 31 heteroatoms. The Balaban J connectivity index is 1.21. The third kappa shape index (κ3) is 11.1. The summed E-state index contributed by atoms with van der Waals surface area (Å²) in [5, 5.41) is 186. The van der Waals surface area contributed by atoms with E-state index in [-0.39, 0.29) is 6.61 Å². The number of hydrogen-bond acceptors (Lipinski definition) is 31. The van der Waals surface area contributed by atoms with E-state index in [2.05, 4.69) is 0 Å². The maximum absolute atomic E-state index is 11.6. The third-order valence-corrected chi connectivity index (χ3v) is 12.9. The van der Waals surface area contributed by atoms with Gasteiger partial charge in [0.1, 0.15) is 140 Å². The maximum atomic E-state index is 11.6. The van der Waals surface area contributed by atoms with Crippen LogP contribution >= 0.6 is 0 Å². The lowest BCUT2D eigenvalue weighted by molar-refractivity contribution is -0.429. The van der Waals surface area contributed by atoms with E-state index in [1.807, 2.05) is 0 Å². The Bertz CT molecular complexity index is 1560. The van der Waals surface area contributed by atoms with Crippen molar-refractivity contribution >= 4 is 0 Å². The van der Waals surface area contributed by atoms with Gasteiger partial charge in [-0.25, -0.2) is 9.78 Å². The average molecular weight is 1020 g/mol. The lowest BCUT2D eigenvalue weighted by Crippen LogP contribution is -2.69. The number of rotatable bonds is 9. The van der Waals surface area contributed by atoms with E-state index in [0.29, 0.717) is 0 Å². The van der Waals surface area contributed by atoms with Crippen LogP contribution in [0.5, 0.6) is 0 Å². The molecule has 0 radical (unpaired) electrons. The molecular formula is C38H64O31. The second-order valence-electron chi connectivity index (χ2n) is 17.3. The summed E-state index contributed by atoms with van der Waals surface area (Å²) < 4.78 is 68.9. The summed E-state index contributed by atoms with van der Waals surface area (Å²) in [5.74, 6) is 0. The molecule has 22 rings (SSSR count). The molecular weight excluding hydrogens is 952 g/mol. The number of hydrogen-bond donors (Lipinski definition) is 17. The molecule has 0 aromatic carbocycles. The Hall–Kier alpha value is -1.24. The van der Waals surface area contributed by atoms with E-state index in [1.165, 1.54) is 6.92 Å². The summed E-state index contributed by atoms with van der Waals surface area (Å²) in [6.45, 7) is -4.58. The van der Waals surface area contributed by atoms with E-state index in [4.69, 9.17) is 66.6 Å². The molecule has 12 bridgehead atoms. The summed E-state index contributed by atoms with van der Waals surface area (Å²) in [6, 6.07) is 0. The SMILES string of the molecule is CCOO[C@@H]1[C@@H](O)[C@H]2O[C@H]3[C@H](O)[C@@H](O)[C@@H](O[C@H]4[C@H](O)[C@@H](O)[C@@H](O[C@H]5[C@H](O)[C@@H](O)[C@@H](O[C@H]6[C@H](O)[C@@H](O)[C@@H](O[C@H]7[C@H](O)[C@@H](O)[C@@H](O[C@H]1[C@@H](CO)O2)O[C@@H]7CO)O[C@@H]6CO)O[C@@H]5CO)O[C@@H]4CO)O[C@@H]3CO. The van der Waals surface area contributed by atoms with E-state index >= 15 is 0 Å². The molecule has 22 aliphatic rings. The van der Waals surface area contributed by atoms with Crippen LogP contribution < -0.4 is 0 Å². The van der Waals surface area contributed by atoms with Gasteiger partial charge in [0, 0.05) is 0 Å². The first kappa shape index (κ1) is 55.5. The summed E-state index contributed by atoms with van der Waals surface area (Å²) in [4.78, 5) is 10.5. The minimum atomic E-state index is -2.15. The van der Waals surface area contributed by atoms with Gasteiger partial charge in [-0.3, -0.25) is 0 Å². The molecule has 22 aliphatic heterocycles. The van der Waals surface area contributed by atoms with Crippen LogP contribution in [0.3, 0.4) is 0 Å². The van der Waals surface area contributed by atoms with Gasteiger partial charge in [-0.15, -0.1) is 0 Å². The fourth-order valence-corrected chi connectivity index (χ4v) is 9.17. The fraction of sp³-hybridized carbons (Fsp3) is 1.00. The number of aliphatic hydroxyl groups excluding tert-OH is 17. The molecule has 0 aromatic rings. The molecule has 0 amide bonds. The Morgan fingerprint density at radius 3 is 0.696 bits per heavy atom. The average Bonchev–Trinajstić information content (AvgIpc) is 3.34. The summed E-state index contributed by atoms with van der Waals surface area (Å²) in [7, 11) is 0. The Morgan fingerprint density at radius 1 is 0.275 bits per heavy atom. The highest BCUT2D eigenvalue weighted by molar-refractivity contribution is 5.01. The molecule has 22 fully saturated rings. The second-order valence-corrected chi connectivity index (χ2v) is 17.3. The molecule has 0 aliphatic carbocycles. The molecule has 22 saturated heterocycles. The van der Waals surface area contributed by atoms with Crippen LogP contribution in [0, 0.1) is 0 Å². The largest absolute Gasteiger partial charge is 0.394 e. The zero-order chi connectivity index (χ0) is 50.2. The van der Waals surface area contributed by atoms with E-state index in [1.54, 1.807) is 0 Å². The quantitative estimate of drug-likeness (QED) is 0.0753. The highest BCUT2D eigenvalue weighted by Gasteiger charge is 2.59. The Kier molecular flexibility index (Phi) is 19.3. The molecule has 0 aromatic heterocycles. The van der Waals surface area contributed by atoms with Gasteiger partial charge in [0.05, 0.1) is 46.2 Å². The first-order valence-corrected chi connectivity index (χ1v) is 22.2. The lowest BCUT2D eigenvalue weighted by Gasteiger charge is -2.50. The highest BCUT2D eigenvalue weighted by Crippen LogP contribution is 2.38. The smallest absolute Gasteiger partial charge is 0.187 e. The van der Waals surface area contributed by atoms with Crippen LogP contribution in [0.4, 0.5) is 0 Å². The summed E-state index contributed by atoms with van der Waals surface area (Å²) in [6.07, 6.45) is -57.7. The molecule has 31 nitrogen and oxygen atoms in total. The lowest BCUT2D eigenvalue weighted by atomic mass is 9.94. The molecule has 0 spiro atoms. The van der Waals surface area contributed by atoms with E-state index in [9.17, 15) is 86.8 Å². The van der Waals surface area contributed by atoms with Crippen molar-refractivity contribution in [1.82, 2.24) is 0 Å². The van der Waals surface area contributed by atoms with Crippen molar-refractivity contribution in [2.24, 2.45) is 0 Å². The van der Waals surface area contributed by atoms with Crippen LogP contribution in [-0.4, -0.2) is 317 Å². The van der Waals surface area contributed by atoms with Gasteiger partial charge < -0.3 is 144 Å². The van der Waals surface area contributed by atoms with Crippen LogP contribution in [0.15, 0.2) is 0 Å². The normalized spacial score (nSPS) is 53.5. The van der Waals surface area contributed by atoms with Crippen molar-refractivity contribution in [3.05, 3.63) is 0 Å². The van der Waals surface area contributed by atoms with Gasteiger partial charge in [-0.05, 0) is 6.92 Å². The van der Waals surface area contributed by atoms with Gasteiger partial charge in [0.25, 0.3) is 0 Å². The maximum Gasteiger partial charge on any atom is 0.187 e. The summed E-state index contributed by atoms with van der Waals surface area (Å²) in [5.41, 5.74) is 0. The molecule has 402 valence electrons. The van der Waals surface area contributed by atoms with Crippen molar-refractivity contribution in [3.8, 4) is 0 Å². The van der Waals surface area contributed by atoms with E-state index in [0.717, 1.165) is 0 Å². The predicted octanol–water partition coefficient (Wildman–Crippen LogP) is -12.1. The van der Waals surface area contributed by atoms with Gasteiger partial charge in [0.15, 0.2) is 43.8 Å². The minimum absolute atomic E-state index is 0.144. The third-order valence-electron chi connectivity index (χ3n) is 12.9. The van der Waals surface area contributed by atoms with Gasteiger partial charge in [-0.1, -0.05) is 0 Å². The second kappa shape index (κ2) is 24.0. The Labute approximate surface area is 390 Å². The molecule has 30 atom stereocenters. The van der Waals surface area contributed by atoms with Gasteiger partial charge in [-0.2, -0.15) is 0 Å². The minimum Gasteiger partial charge on any atom is -0.394 e. The Morgan fingerprint density at radius 2 is 0.478 bits per heavy atom. The number of ether oxygens (including phenoxy) is 12. The zero-order valence-electron chi connectivity index (χ0n) is 36.6. The van der Waals surface area contributed by atoms with Crippen LogP contribution in [-0.2, 0) is 66.6 Å². The topological polar surface area (TPSA) is 473 Å². The molecule has 17 N–H and O–H groups in total. The van der Waals surface area contributed by atoms with Gasteiger partial charge >= 0.3 is 0 Å². The molecule has 22 heterocycles. The van der Waals surface area contributed by atoms with Gasteiger partial charge in [0.2, 0.25) is 0 Å². The standard InChI is InChI=1S/C38H64O31/c1-2-56-69-32-25(55)38-62-14(8-44)31(32)68-37-24(54)19(49)29(12(6-42)61-37)66-35-22(52)17(47)27(10(4-40)59-35)64-33-20(50)15(45)26(9(3-39)57-33)63-34-21(51)16(46)28(11(5-41)58-34)65-36-23(53)18(48)30(67-38)13(7-43)60-36/h9-55H,2-8H2,1H3/t9-,10-,11-,12-,13-,14-,15-,16-,17-,18-,19-,20-,21-,22-,23-,24-,25-,26-,27-,28-,29-,30-,31+,32-,33-,34-,35-,36-,37-,38-/m1/s1. The van der Waals surface area contributed by atoms with Crippen molar-refractivity contribution in [1.29, 1.82) is 0 Å². The van der Waals surface area contributed by atoms with E-state index < -0.39 is 224 Å². The zero-order valence-corrected chi connectivity index (χ0v) is 36.6. The fourth-order valence-electron chi connectivity index (χ4n) is 9.17. The molecule has 0 unspecified atom stereocenters. The van der Waals surface area contributed by atoms with Crippen molar-refractivity contribution < 1.29 is 153 Å². The highest BCUT2D eigenvalue weighted by atomic mass is 17.2. The summed E-state index contributed by atoms with van der Waals surface area (Å²) >= 11 is 0. The van der Waals surface area contributed by atoms with Crippen LogP contribution in [0.1, 0.15) is 6.92 Å². The monoisotopic (exact) mass is 1020 g/mol. The molecule has 0 saturated carbocycles. The van der Waals surface area contributed by atoms with Crippen molar-refractivity contribution in [2.45, 2.75) is 191 Å². The molecule has 69 heavy (non-hydrogen) atoms. The van der Waals surface area contributed by atoms with Crippen molar-refractivity contribution in [2.75, 3.05) is 46.2 Å². The van der Waals surface area contributed by atoms with Crippen LogP contribution in [0.2, 0.25) is 0 Å². The predicted molar refractivity (Wildman–Crippen MR) is 206 cm³/mol. The first-order chi connectivity index (χ1) is 33.0. The first-order valence-electron chi connectivity index (χ1n) is 22.2. The van der Waals surface area contributed by atoms with Crippen molar-refractivity contribution in [3.63, 3.8) is 0 Å². The van der Waals surface area contributed by atoms with Crippen LogP contribution in [0.25, 0.3) is 0 Å². The number of aliphatic hydroxyl groups is 17.